The molecule has 0 amide bonds. The predicted octanol–water partition coefficient (Wildman–Crippen LogP) is 4.32. The van der Waals surface area contributed by atoms with Crippen LogP contribution in [0.25, 0.3) is 11.6 Å². The summed E-state index contributed by atoms with van der Waals surface area (Å²) in [6.45, 7) is 14.2. The highest BCUT2D eigenvalue weighted by Crippen LogP contribution is 2.47. The molecule has 3 aliphatic heterocycles. The van der Waals surface area contributed by atoms with Crippen molar-refractivity contribution in [2.45, 2.75) is 130 Å². The Morgan fingerprint density at radius 1 is 0.724 bits per heavy atom. The minimum absolute atomic E-state index is 0. The molecule has 4 aromatic heterocycles. The number of anilines is 2. The number of nitrogen functional groups attached to an aromatic ring is 2. The SMILES string of the molecule is C.C.C.CC1(n2ccn3c(=O)nc(N)nc23)OC(CO)C(O)C1O.CCC1OC(Br)(CBr)C(C)C1C.CCC1OC(CBr)(n2ccn3c(=O)nc(N)nc23)C(C)C1C. The van der Waals surface area contributed by atoms with Crippen LogP contribution in [0.5, 0.6) is 0 Å². The number of hydrogen-bond donors (Lipinski definition) is 5. The van der Waals surface area contributed by atoms with Gasteiger partial charge in [0.15, 0.2) is 11.4 Å². The van der Waals surface area contributed by atoms with Crippen LogP contribution in [0.3, 0.4) is 0 Å². The molecule has 0 bridgehead atoms. The van der Waals surface area contributed by atoms with E-state index in [0.717, 1.165) is 22.6 Å². The summed E-state index contributed by atoms with van der Waals surface area (Å²) in [7, 11) is 0. The number of alkyl halides is 3. The van der Waals surface area contributed by atoms with E-state index in [9.17, 15) is 24.9 Å². The molecular weight excluding hydrogens is 952 g/mol. The topological polar surface area (TPSA) is 245 Å². The maximum absolute atomic E-state index is 12.0. The largest absolute Gasteiger partial charge is 0.394 e. The number of aliphatic hydroxyl groups excluding tert-OH is 3. The summed E-state index contributed by atoms with van der Waals surface area (Å²) in [4.78, 5) is 39.0. The maximum atomic E-state index is 12.0. The van der Waals surface area contributed by atoms with Crippen LogP contribution in [0.2, 0.25) is 0 Å². The zero-order valence-corrected chi connectivity index (χ0v) is 36.5. The molecule has 7 N–H and O–H groups in total. The van der Waals surface area contributed by atoms with Gasteiger partial charge >= 0.3 is 11.4 Å². The van der Waals surface area contributed by atoms with Crippen molar-refractivity contribution in [2.75, 3.05) is 28.7 Å². The van der Waals surface area contributed by atoms with Gasteiger partial charge in [-0.1, -0.05) is 112 Å². The summed E-state index contributed by atoms with van der Waals surface area (Å²) in [5, 5.41) is 30.8. The van der Waals surface area contributed by atoms with Crippen molar-refractivity contribution in [3.05, 3.63) is 45.8 Å². The van der Waals surface area contributed by atoms with Crippen molar-refractivity contribution >= 4 is 71.2 Å². The second-order valence-electron chi connectivity index (χ2n) is 14.6. The molecule has 0 saturated carbocycles. The standard InChI is InChI=1S/C14H20BrN5O2.C11H15N5O5.C9H16Br2O.3CH4/c1-4-10-8(2)9(3)14(7-15,22-10)20-6-5-19-12(20)17-11(16)18-13(19)21;1-11(7(19)6(18)5(4-17)21-11)16-3-2-15-9(16)13-8(12)14-10(15)20;1-4-8-6(2)7(3)9(11,5-10)12-8;;;/h5-6,8-10H,4,7H2,1-3H3,(H2,16,18,21);2-3,5-7,17-19H,4H2,1H3,(H2,12,14,20);6-8H,4-5H2,1-3H3;3*1H4. The number of aliphatic hydroxyl groups is 3. The molecule has 18 nitrogen and oxygen atoms in total. The lowest BCUT2D eigenvalue weighted by molar-refractivity contribution is -0.132. The lowest BCUT2D eigenvalue weighted by atomic mass is 9.86. The Labute approximate surface area is 365 Å². The molecule has 0 aromatic carbocycles. The summed E-state index contributed by atoms with van der Waals surface area (Å²) in [6, 6.07) is 0. The number of imidazole rings is 2. The highest BCUT2D eigenvalue weighted by atomic mass is 79.9. The van der Waals surface area contributed by atoms with Crippen LogP contribution < -0.4 is 22.8 Å². The van der Waals surface area contributed by atoms with Crippen LogP contribution in [0.4, 0.5) is 11.9 Å². The van der Waals surface area contributed by atoms with Crippen LogP contribution in [0.1, 0.15) is 83.6 Å². The highest BCUT2D eigenvalue weighted by Gasteiger charge is 2.54. The molecule has 3 fully saturated rings. The van der Waals surface area contributed by atoms with E-state index in [-0.39, 0.29) is 56.5 Å². The van der Waals surface area contributed by atoms with Gasteiger partial charge < -0.3 is 41.0 Å². The lowest BCUT2D eigenvalue weighted by Gasteiger charge is -2.33. The first-order valence-electron chi connectivity index (χ1n) is 18.2. The molecule has 7 rings (SSSR count). The first-order chi connectivity index (χ1) is 25.9. The molecule has 330 valence electrons. The number of nitrogens with zero attached hydrogens (tertiary/aromatic N) is 8. The van der Waals surface area contributed by atoms with Gasteiger partial charge in [0.05, 0.1) is 24.1 Å². The van der Waals surface area contributed by atoms with Gasteiger partial charge in [0.25, 0.3) is 0 Å². The average molecular weight is 1020 g/mol. The molecule has 12 atom stereocenters. The van der Waals surface area contributed by atoms with E-state index in [2.05, 4.69) is 109 Å². The van der Waals surface area contributed by atoms with Crippen molar-refractivity contribution in [1.82, 2.24) is 37.9 Å². The van der Waals surface area contributed by atoms with Crippen molar-refractivity contribution < 1.29 is 29.5 Å². The van der Waals surface area contributed by atoms with Gasteiger partial charge in [0.2, 0.25) is 23.5 Å². The van der Waals surface area contributed by atoms with E-state index in [4.69, 9.17) is 25.7 Å². The predicted molar refractivity (Wildman–Crippen MR) is 235 cm³/mol. The van der Waals surface area contributed by atoms with E-state index in [1.807, 2.05) is 10.8 Å². The summed E-state index contributed by atoms with van der Waals surface area (Å²) >= 11 is 10.7. The van der Waals surface area contributed by atoms with Gasteiger partial charge in [-0.25, -0.2) is 18.4 Å². The molecule has 4 aromatic rings. The molecule has 7 heterocycles. The van der Waals surface area contributed by atoms with Gasteiger partial charge in [-0.3, -0.25) is 9.13 Å². The highest BCUT2D eigenvalue weighted by molar-refractivity contribution is 9.12. The lowest BCUT2D eigenvalue weighted by Crippen LogP contribution is -2.43. The van der Waals surface area contributed by atoms with Gasteiger partial charge in [0, 0.05) is 42.0 Å². The summed E-state index contributed by atoms with van der Waals surface area (Å²) in [5.74, 6) is 2.19. The molecular formula is C37H63Br3N10O8. The molecule has 3 aliphatic rings. The summed E-state index contributed by atoms with van der Waals surface area (Å²) in [5.41, 5.74) is 8.06. The zero-order valence-electron chi connectivity index (χ0n) is 31.8. The first-order valence-corrected chi connectivity index (χ1v) is 21.2. The first kappa shape index (κ1) is 51.6. The summed E-state index contributed by atoms with van der Waals surface area (Å²) in [6.07, 6.45) is 5.41. The van der Waals surface area contributed by atoms with Crippen molar-refractivity contribution in [3.8, 4) is 0 Å². The third-order valence-corrected chi connectivity index (χ3v) is 15.2. The number of fused-ring (bicyclic) bond motifs is 2. The average Bonchev–Trinajstić information content (AvgIpc) is 3.94. The number of halogens is 3. The zero-order chi connectivity index (χ0) is 40.8. The molecule has 0 radical (unpaired) electrons. The van der Waals surface area contributed by atoms with Crippen LogP contribution in [0.15, 0.2) is 34.4 Å². The molecule has 0 spiro atoms. The third-order valence-electron chi connectivity index (χ3n) is 11.6. The van der Waals surface area contributed by atoms with E-state index in [1.165, 1.54) is 28.3 Å². The third kappa shape index (κ3) is 8.93. The number of hydrogen-bond acceptors (Lipinski definition) is 14. The fourth-order valence-electron chi connectivity index (χ4n) is 7.74. The molecule has 12 unspecified atom stereocenters. The molecule has 58 heavy (non-hydrogen) atoms. The normalized spacial score (nSPS) is 34.0. The van der Waals surface area contributed by atoms with Gasteiger partial charge in [-0.2, -0.15) is 19.9 Å². The quantitative estimate of drug-likeness (QED) is 0.162. The number of nitrogens with two attached hydrogens (primary N) is 2. The van der Waals surface area contributed by atoms with Gasteiger partial charge in [-0.15, -0.1) is 0 Å². The fourth-order valence-corrected chi connectivity index (χ4v) is 9.95. The minimum atomic E-state index is -1.41. The number of ether oxygens (including phenoxy) is 3. The minimum Gasteiger partial charge on any atom is -0.394 e. The molecule has 0 aliphatic carbocycles. The second-order valence-corrected chi connectivity index (χ2v) is 17.0. The monoisotopic (exact) mass is 1010 g/mol. The Bertz CT molecular complexity index is 2080. The number of aromatic nitrogens is 8. The molecule has 3 saturated heterocycles. The van der Waals surface area contributed by atoms with Crippen LogP contribution >= 0.6 is 47.8 Å². The van der Waals surface area contributed by atoms with E-state index in [0.29, 0.717) is 35.0 Å². The second kappa shape index (κ2) is 19.9. The Morgan fingerprint density at radius 3 is 1.59 bits per heavy atom. The van der Waals surface area contributed by atoms with E-state index < -0.39 is 47.7 Å². The summed E-state index contributed by atoms with van der Waals surface area (Å²) < 4.78 is 23.6. The number of rotatable bonds is 7. The van der Waals surface area contributed by atoms with Gasteiger partial charge in [-0.05, 0) is 31.6 Å². The van der Waals surface area contributed by atoms with Gasteiger partial charge in [0.1, 0.15) is 22.8 Å². The Balaban J connectivity index is 0.000000305. The van der Waals surface area contributed by atoms with E-state index >= 15 is 0 Å². The maximum Gasteiger partial charge on any atom is 0.357 e. The fraction of sp³-hybridized carbons (Fsp3) is 0.730. The van der Waals surface area contributed by atoms with Crippen molar-refractivity contribution in [1.29, 1.82) is 0 Å². The van der Waals surface area contributed by atoms with Crippen LogP contribution in [-0.4, -0.2) is 105 Å². The Kier molecular flexibility index (Phi) is 17.7. The smallest absolute Gasteiger partial charge is 0.357 e. The van der Waals surface area contributed by atoms with Crippen molar-refractivity contribution in [3.63, 3.8) is 0 Å². The van der Waals surface area contributed by atoms with Crippen LogP contribution in [-0.2, 0) is 25.7 Å². The van der Waals surface area contributed by atoms with Crippen LogP contribution in [0, 0.1) is 23.7 Å². The Hall–Kier alpha value is -2.50. The van der Waals surface area contributed by atoms with E-state index in [1.54, 1.807) is 6.20 Å². The Morgan fingerprint density at radius 2 is 1.19 bits per heavy atom. The van der Waals surface area contributed by atoms with Crippen molar-refractivity contribution in [2.24, 2.45) is 23.7 Å². The molecule has 21 heteroatoms.